The molecule has 0 fully saturated rings. The molecule has 2 aromatic carbocycles. The predicted octanol–water partition coefficient (Wildman–Crippen LogP) is 4.37. The molecule has 0 aliphatic heterocycles. The summed E-state index contributed by atoms with van der Waals surface area (Å²) in [7, 11) is 0. The van der Waals surface area contributed by atoms with Gasteiger partial charge in [0.05, 0.1) is 16.9 Å². The van der Waals surface area contributed by atoms with Crippen LogP contribution < -0.4 is 5.32 Å². The Balaban J connectivity index is 2.02. The van der Waals surface area contributed by atoms with Gasteiger partial charge in [-0.2, -0.15) is 0 Å². The van der Waals surface area contributed by atoms with Crippen molar-refractivity contribution in [3.05, 3.63) is 57.5 Å². The topological polar surface area (TPSA) is 73.3 Å². The van der Waals surface area contributed by atoms with E-state index in [-0.39, 0.29) is 10.9 Å². The van der Waals surface area contributed by atoms with Crippen LogP contribution in [-0.4, -0.2) is 21.0 Å². The Morgan fingerprint density at radius 2 is 2.18 bits per heavy atom. The Morgan fingerprint density at radius 1 is 1.36 bits per heavy atom. The Labute approximate surface area is 137 Å². The van der Waals surface area contributed by atoms with E-state index in [0.717, 1.165) is 4.47 Å². The third kappa shape index (κ3) is 2.65. The molecule has 0 unspecified atom stereocenters. The molecular weight excluding hydrogens is 375 g/mol. The Hall–Kier alpha value is -2.12. The highest BCUT2D eigenvalue weighted by atomic mass is 79.9. The van der Waals surface area contributed by atoms with Crippen LogP contribution in [0.25, 0.3) is 11.0 Å². The van der Waals surface area contributed by atoms with Crippen molar-refractivity contribution in [3.63, 3.8) is 0 Å². The summed E-state index contributed by atoms with van der Waals surface area (Å²) in [4.78, 5) is 7.18. The number of benzene rings is 2. The van der Waals surface area contributed by atoms with Crippen molar-refractivity contribution in [2.75, 3.05) is 5.32 Å². The van der Waals surface area contributed by atoms with Crippen LogP contribution in [0.3, 0.4) is 0 Å². The molecule has 0 atom stereocenters. The van der Waals surface area contributed by atoms with Gasteiger partial charge < -0.3 is 15.5 Å². The molecule has 22 heavy (non-hydrogen) atoms. The minimum atomic E-state index is -0.519. The monoisotopic (exact) mass is 382 g/mol. The molecule has 112 valence electrons. The first-order valence-corrected chi connectivity index (χ1v) is 7.33. The maximum absolute atomic E-state index is 13.2. The average Bonchev–Trinajstić information content (AvgIpc) is 3.00. The number of anilines is 1. The fraction of sp³-hybridized carbons (Fsp3) is 0. The number of H-pyrrole nitrogens is 1. The number of aromatic amines is 1. The molecule has 0 bridgehead atoms. The summed E-state index contributed by atoms with van der Waals surface area (Å²) in [6.07, 6.45) is 1.54. The van der Waals surface area contributed by atoms with Gasteiger partial charge in [0.1, 0.15) is 11.3 Å². The van der Waals surface area contributed by atoms with E-state index < -0.39 is 5.82 Å². The summed E-state index contributed by atoms with van der Waals surface area (Å²) in [5.41, 5.74) is 2.51. The second-order valence-electron chi connectivity index (χ2n) is 4.42. The standard InChI is InChI=1S/C14H9BrClFN4O/c15-9-3-2-8(12-13(9)19-6-18-12)14(21-22)20-7-1-4-11(17)10(16)5-7/h1-6,22H,(H,18,19)(H,20,21). The van der Waals surface area contributed by atoms with Crippen molar-refractivity contribution in [2.24, 2.45) is 5.16 Å². The zero-order valence-electron chi connectivity index (χ0n) is 10.9. The maximum atomic E-state index is 13.2. The molecule has 3 rings (SSSR count). The summed E-state index contributed by atoms with van der Waals surface area (Å²) in [6, 6.07) is 7.69. The number of rotatable bonds is 2. The van der Waals surface area contributed by atoms with Gasteiger partial charge in [0.25, 0.3) is 0 Å². The molecule has 0 aliphatic carbocycles. The molecule has 0 amide bonds. The molecule has 1 heterocycles. The lowest BCUT2D eigenvalue weighted by molar-refractivity contribution is 0.319. The van der Waals surface area contributed by atoms with Crippen molar-refractivity contribution in [1.29, 1.82) is 0 Å². The molecule has 3 N–H and O–H groups in total. The lowest BCUT2D eigenvalue weighted by atomic mass is 10.1. The summed E-state index contributed by atoms with van der Waals surface area (Å²) >= 11 is 9.15. The maximum Gasteiger partial charge on any atom is 0.179 e. The van der Waals surface area contributed by atoms with E-state index >= 15 is 0 Å². The van der Waals surface area contributed by atoms with E-state index in [4.69, 9.17) is 11.6 Å². The van der Waals surface area contributed by atoms with Gasteiger partial charge >= 0.3 is 0 Å². The van der Waals surface area contributed by atoms with E-state index in [9.17, 15) is 9.60 Å². The number of hydrogen-bond acceptors (Lipinski definition) is 3. The summed E-state index contributed by atoms with van der Waals surface area (Å²) in [5, 5.41) is 15.5. The van der Waals surface area contributed by atoms with Crippen molar-refractivity contribution >= 4 is 50.1 Å². The third-order valence-corrected chi connectivity index (χ3v) is 4.00. The van der Waals surface area contributed by atoms with Crippen LogP contribution in [0.4, 0.5) is 10.1 Å². The second-order valence-corrected chi connectivity index (χ2v) is 5.69. The van der Waals surface area contributed by atoms with Gasteiger partial charge in [-0.25, -0.2) is 9.37 Å². The zero-order chi connectivity index (χ0) is 15.7. The Kier molecular flexibility index (Phi) is 4.00. The first-order valence-electron chi connectivity index (χ1n) is 6.16. The number of oxime groups is 1. The lowest BCUT2D eigenvalue weighted by Crippen LogP contribution is -2.14. The molecular formula is C14H9BrClFN4O. The number of hydrogen-bond donors (Lipinski definition) is 3. The van der Waals surface area contributed by atoms with E-state index in [1.54, 1.807) is 18.5 Å². The van der Waals surface area contributed by atoms with E-state index in [2.05, 4.69) is 36.4 Å². The minimum Gasteiger partial charge on any atom is -0.409 e. The molecule has 3 aromatic rings. The Bertz CT molecular complexity index is 880. The van der Waals surface area contributed by atoms with Gasteiger partial charge in [-0.1, -0.05) is 16.8 Å². The van der Waals surface area contributed by atoms with Gasteiger partial charge in [-0.3, -0.25) is 0 Å². The summed E-state index contributed by atoms with van der Waals surface area (Å²) < 4.78 is 14.0. The summed E-state index contributed by atoms with van der Waals surface area (Å²) in [5.74, 6) is -0.335. The molecule has 0 saturated heterocycles. The fourth-order valence-electron chi connectivity index (χ4n) is 2.05. The largest absolute Gasteiger partial charge is 0.409 e. The molecule has 8 heteroatoms. The SMILES string of the molecule is O/N=C(/Nc1ccc(F)c(Cl)c1)c1ccc(Br)c2nc[nH]c12. The zero-order valence-corrected chi connectivity index (χ0v) is 13.3. The van der Waals surface area contributed by atoms with Crippen molar-refractivity contribution in [2.45, 2.75) is 0 Å². The van der Waals surface area contributed by atoms with Crippen LogP contribution >= 0.6 is 27.5 Å². The highest BCUT2D eigenvalue weighted by Crippen LogP contribution is 2.25. The molecule has 5 nitrogen and oxygen atoms in total. The van der Waals surface area contributed by atoms with E-state index in [1.807, 2.05) is 0 Å². The van der Waals surface area contributed by atoms with E-state index in [0.29, 0.717) is 22.3 Å². The second kappa shape index (κ2) is 5.94. The minimum absolute atomic E-state index is 0.0233. The number of imidazole rings is 1. The van der Waals surface area contributed by atoms with Crippen LogP contribution in [0, 0.1) is 5.82 Å². The molecule has 0 saturated carbocycles. The van der Waals surface area contributed by atoms with Gasteiger partial charge in [-0.15, -0.1) is 0 Å². The van der Waals surface area contributed by atoms with Gasteiger partial charge in [0.2, 0.25) is 0 Å². The average molecular weight is 384 g/mol. The van der Waals surface area contributed by atoms with Crippen LogP contribution in [0.15, 0.2) is 46.3 Å². The number of aromatic nitrogens is 2. The van der Waals surface area contributed by atoms with Crippen molar-refractivity contribution in [1.82, 2.24) is 9.97 Å². The lowest BCUT2D eigenvalue weighted by Gasteiger charge is -2.10. The van der Waals surface area contributed by atoms with Crippen molar-refractivity contribution in [3.8, 4) is 0 Å². The molecule has 1 aromatic heterocycles. The molecule has 0 spiro atoms. The number of nitrogens with one attached hydrogen (secondary N) is 2. The van der Waals surface area contributed by atoms with Gasteiger partial charge in [0.15, 0.2) is 5.84 Å². The summed E-state index contributed by atoms with van der Waals surface area (Å²) in [6.45, 7) is 0. The number of fused-ring (bicyclic) bond motifs is 1. The highest BCUT2D eigenvalue weighted by Gasteiger charge is 2.13. The van der Waals surface area contributed by atoms with Gasteiger partial charge in [-0.05, 0) is 46.3 Å². The smallest absolute Gasteiger partial charge is 0.179 e. The molecule has 0 aliphatic rings. The number of amidine groups is 1. The predicted molar refractivity (Wildman–Crippen MR) is 87.1 cm³/mol. The van der Waals surface area contributed by atoms with Gasteiger partial charge in [0, 0.05) is 15.7 Å². The Morgan fingerprint density at radius 3 is 2.91 bits per heavy atom. The molecule has 0 radical (unpaired) electrons. The van der Waals surface area contributed by atoms with Crippen LogP contribution in [0.2, 0.25) is 5.02 Å². The van der Waals surface area contributed by atoms with Crippen molar-refractivity contribution < 1.29 is 9.60 Å². The normalized spacial score (nSPS) is 11.9. The number of halogens is 3. The first kappa shape index (κ1) is 14.8. The number of nitrogens with zero attached hydrogens (tertiary/aromatic N) is 2. The van der Waals surface area contributed by atoms with Crippen LogP contribution in [-0.2, 0) is 0 Å². The highest BCUT2D eigenvalue weighted by molar-refractivity contribution is 9.10. The first-order chi connectivity index (χ1) is 10.6. The third-order valence-electron chi connectivity index (χ3n) is 3.07. The van der Waals surface area contributed by atoms with Crippen LogP contribution in [0.5, 0.6) is 0 Å². The fourth-order valence-corrected chi connectivity index (χ4v) is 2.67. The van der Waals surface area contributed by atoms with Crippen LogP contribution in [0.1, 0.15) is 5.56 Å². The quantitative estimate of drug-likeness (QED) is 0.266. The van der Waals surface area contributed by atoms with E-state index in [1.165, 1.54) is 18.2 Å².